The lowest BCUT2D eigenvalue weighted by molar-refractivity contribution is 0.902. The molecule has 2 aromatic carbocycles. The first-order chi connectivity index (χ1) is 7.75. The zero-order chi connectivity index (χ0) is 11.1. The van der Waals surface area contributed by atoms with Crippen LogP contribution in [0.1, 0.15) is 12.5 Å². The summed E-state index contributed by atoms with van der Waals surface area (Å²) >= 11 is 0. The number of hydrogen-bond donors (Lipinski definition) is 1. The van der Waals surface area contributed by atoms with E-state index in [4.69, 9.17) is 5.84 Å². The summed E-state index contributed by atoms with van der Waals surface area (Å²) in [6.07, 6.45) is 2.21. The Morgan fingerprint density at radius 3 is 2.81 bits per heavy atom. The van der Waals surface area contributed by atoms with Gasteiger partial charge in [-0.2, -0.15) is 0 Å². The molecule has 2 N–H and O–H groups in total. The molecule has 2 heteroatoms. The molecule has 0 unspecified atom stereocenters. The fourth-order valence-electron chi connectivity index (χ4n) is 2.37. The van der Waals surface area contributed by atoms with Gasteiger partial charge >= 0.3 is 0 Å². The number of rotatable bonds is 0. The van der Waals surface area contributed by atoms with Crippen molar-refractivity contribution in [3.05, 3.63) is 47.5 Å². The standard InChI is InChI=1S/C14H14N2/c1-10-8-12-7-6-11-4-2-3-5-13(11)14(12)16(15)9-10/h2-8H,9,15H2,1H3. The van der Waals surface area contributed by atoms with E-state index in [0.29, 0.717) is 0 Å². The maximum atomic E-state index is 6.10. The number of benzene rings is 2. The Balaban J connectivity index is 2.38. The summed E-state index contributed by atoms with van der Waals surface area (Å²) in [6, 6.07) is 12.6. The van der Waals surface area contributed by atoms with E-state index >= 15 is 0 Å². The van der Waals surface area contributed by atoms with Gasteiger partial charge in [-0.1, -0.05) is 48.0 Å². The summed E-state index contributed by atoms with van der Waals surface area (Å²) in [4.78, 5) is 0. The van der Waals surface area contributed by atoms with Crippen LogP contribution in [0.2, 0.25) is 0 Å². The number of anilines is 1. The number of hydrogen-bond acceptors (Lipinski definition) is 2. The highest BCUT2D eigenvalue weighted by Gasteiger charge is 2.15. The van der Waals surface area contributed by atoms with E-state index in [-0.39, 0.29) is 0 Å². The third-order valence-electron chi connectivity index (χ3n) is 3.04. The van der Waals surface area contributed by atoms with Crippen LogP contribution < -0.4 is 10.9 Å². The molecule has 16 heavy (non-hydrogen) atoms. The third-order valence-corrected chi connectivity index (χ3v) is 3.04. The second kappa shape index (κ2) is 3.35. The average molecular weight is 210 g/mol. The van der Waals surface area contributed by atoms with Crippen LogP contribution in [0.25, 0.3) is 16.8 Å². The monoisotopic (exact) mass is 210 g/mol. The quantitative estimate of drug-likeness (QED) is 0.677. The number of nitrogens with two attached hydrogens (primary N) is 1. The van der Waals surface area contributed by atoms with Gasteiger partial charge in [-0.05, 0) is 17.9 Å². The van der Waals surface area contributed by atoms with Gasteiger partial charge in [0.05, 0.1) is 12.2 Å². The predicted octanol–water partition coefficient (Wildman–Crippen LogP) is 2.94. The molecule has 0 spiro atoms. The first kappa shape index (κ1) is 9.43. The molecule has 80 valence electrons. The van der Waals surface area contributed by atoms with E-state index in [0.717, 1.165) is 12.2 Å². The third kappa shape index (κ3) is 1.31. The Kier molecular flexibility index (Phi) is 1.98. The van der Waals surface area contributed by atoms with Crippen LogP contribution in [0.15, 0.2) is 42.0 Å². The van der Waals surface area contributed by atoms with Crippen molar-refractivity contribution in [3.63, 3.8) is 0 Å². The van der Waals surface area contributed by atoms with Crippen LogP contribution in [0.5, 0.6) is 0 Å². The van der Waals surface area contributed by atoms with E-state index in [9.17, 15) is 0 Å². The van der Waals surface area contributed by atoms with E-state index < -0.39 is 0 Å². The minimum absolute atomic E-state index is 0.807. The maximum absolute atomic E-state index is 6.10. The second-order valence-electron chi connectivity index (χ2n) is 4.34. The largest absolute Gasteiger partial charge is 0.306 e. The van der Waals surface area contributed by atoms with Crippen LogP contribution in [0, 0.1) is 0 Å². The van der Waals surface area contributed by atoms with Crippen LogP contribution >= 0.6 is 0 Å². The summed E-state index contributed by atoms with van der Waals surface area (Å²) in [5.41, 5.74) is 3.65. The molecule has 0 amide bonds. The summed E-state index contributed by atoms with van der Waals surface area (Å²) in [6.45, 7) is 2.92. The van der Waals surface area contributed by atoms with Crippen LogP contribution in [0.3, 0.4) is 0 Å². The van der Waals surface area contributed by atoms with Gasteiger partial charge in [0, 0.05) is 5.39 Å². The van der Waals surface area contributed by atoms with Crippen molar-refractivity contribution in [2.24, 2.45) is 5.84 Å². The molecule has 0 saturated carbocycles. The fourth-order valence-corrected chi connectivity index (χ4v) is 2.37. The number of hydrazine groups is 1. The molecule has 0 aromatic heterocycles. The van der Waals surface area contributed by atoms with Crippen molar-refractivity contribution in [1.82, 2.24) is 0 Å². The van der Waals surface area contributed by atoms with E-state index in [1.807, 2.05) is 5.01 Å². The Morgan fingerprint density at radius 2 is 1.94 bits per heavy atom. The SMILES string of the molecule is CC1=Cc2ccc3ccccc3c2N(N)C1. The van der Waals surface area contributed by atoms with Gasteiger partial charge < -0.3 is 5.01 Å². The zero-order valence-corrected chi connectivity index (χ0v) is 9.27. The van der Waals surface area contributed by atoms with Crippen LogP contribution in [0.4, 0.5) is 5.69 Å². The Hall–Kier alpha value is -1.80. The van der Waals surface area contributed by atoms with Gasteiger partial charge in [0.1, 0.15) is 0 Å². The molecular formula is C14H14N2. The lowest BCUT2D eigenvalue weighted by Crippen LogP contribution is -2.34. The molecule has 0 fully saturated rings. The Morgan fingerprint density at radius 1 is 1.12 bits per heavy atom. The van der Waals surface area contributed by atoms with Crippen LogP contribution in [-0.4, -0.2) is 6.54 Å². The minimum Gasteiger partial charge on any atom is -0.306 e. The lowest BCUT2D eigenvalue weighted by Gasteiger charge is -2.27. The zero-order valence-electron chi connectivity index (χ0n) is 9.27. The summed E-state index contributed by atoms with van der Waals surface area (Å²) in [7, 11) is 0. The van der Waals surface area contributed by atoms with Gasteiger partial charge in [-0.15, -0.1) is 0 Å². The molecule has 0 radical (unpaired) electrons. The van der Waals surface area contributed by atoms with Gasteiger partial charge in [0.15, 0.2) is 0 Å². The molecule has 0 saturated heterocycles. The van der Waals surface area contributed by atoms with Crippen molar-refractivity contribution in [1.29, 1.82) is 0 Å². The molecule has 2 aromatic rings. The van der Waals surface area contributed by atoms with Gasteiger partial charge in [-0.25, -0.2) is 5.84 Å². The number of fused-ring (bicyclic) bond motifs is 3. The highest BCUT2D eigenvalue weighted by molar-refractivity contribution is 5.99. The van der Waals surface area contributed by atoms with Gasteiger partial charge in [-0.3, -0.25) is 0 Å². The lowest BCUT2D eigenvalue weighted by atomic mass is 9.99. The fraction of sp³-hybridized carbons (Fsp3) is 0.143. The van der Waals surface area contributed by atoms with Crippen LogP contribution in [-0.2, 0) is 0 Å². The van der Waals surface area contributed by atoms with Crippen molar-refractivity contribution in [3.8, 4) is 0 Å². The molecule has 1 heterocycles. The molecular weight excluding hydrogens is 196 g/mol. The smallest absolute Gasteiger partial charge is 0.0671 e. The normalized spacial score (nSPS) is 14.9. The molecule has 0 atom stereocenters. The van der Waals surface area contributed by atoms with E-state index in [1.165, 1.54) is 21.9 Å². The summed E-state index contributed by atoms with van der Waals surface area (Å²) in [5, 5.41) is 4.31. The molecule has 0 aliphatic carbocycles. The first-order valence-electron chi connectivity index (χ1n) is 5.47. The summed E-state index contributed by atoms with van der Waals surface area (Å²) in [5.74, 6) is 6.10. The highest BCUT2D eigenvalue weighted by atomic mass is 15.4. The van der Waals surface area contributed by atoms with Crippen molar-refractivity contribution >= 4 is 22.5 Å². The van der Waals surface area contributed by atoms with Crippen molar-refractivity contribution < 1.29 is 0 Å². The minimum atomic E-state index is 0.807. The van der Waals surface area contributed by atoms with Crippen molar-refractivity contribution in [2.45, 2.75) is 6.92 Å². The number of nitrogens with zero attached hydrogens (tertiary/aromatic N) is 1. The van der Waals surface area contributed by atoms with Crippen molar-refractivity contribution in [2.75, 3.05) is 11.6 Å². The molecule has 1 aliphatic rings. The second-order valence-corrected chi connectivity index (χ2v) is 4.34. The van der Waals surface area contributed by atoms with E-state index in [2.05, 4.69) is 49.4 Å². The average Bonchev–Trinajstić information content (AvgIpc) is 2.28. The van der Waals surface area contributed by atoms with E-state index in [1.54, 1.807) is 0 Å². The maximum Gasteiger partial charge on any atom is 0.0671 e. The molecule has 3 rings (SSSR count). The first-order valence-corrected chi connectivity index (χ1v) is 5.47. The van der Waals surface area contributed by atoms with Gasteiger partial charge in [0.25, 0.3) is 0 Å². The Labute approximate surface area is 94.9 Å². The van der Waals surface area contributed by atoms with Gasteiger partial charge in [0.2, 0.25) is 0 Å². The Bertz CT molecular complexity index is 584. The summed E-state index contributed by atoms with van der Waals surface area (Å²) < 4.78 is 0. The molecule has 2 nitrogen and oxygen atoms in total. The topological polar surface area (TPSA) is 29.3 Å². The molecule has 0 bridgehead atoms. The predicted molar refractivity (Wildman–Crippen MR) is 69.1 cm³/mol. The molecule has 1 aliphatic heterocycles. The highest BCUT2D eigenvalue weighted by Crippen LogP contribution is 2.33.